The molecule has 0 saturated heterocycles. The van der Waals surface area contributed by atoms with Crippen LogP contribution in [0.1, 0.15) is 154 Å². The van der Waals surface area contributed by atoms with Crippen molar-refractivity contribution in [2.24, 2.45) is 0 Å². The van der Waals surface area contributed by atoms with Crippen molar-refractivity contribution in [1.82, 2.24) is 9.13 Å². The molecular weight excluding hydrogens is 1290 g/mol. The standard InChI is InChI=1S/C103H84N4/c1-101(2,3)71-58-82(64-32-14-10-15-33-64)99(83(59-71)65-34-16-11-17-35-65)106-89-62-73(104-87-48-30-27-45-78(87)95-76-43-24-22-40-68(76)54-91(95)104)50-52-80(89)97-81-53-51-74(105-88-49-31-28-46-79(88)96-77-44-25-23-41-69(77)55-92(96)105)63-90(81)107(94-57-70(56-93(106)98(94)97)75-42-26-29-47-86(75)103(7,8)9)100-84(66-36-18-12-19-37-66)60-72(102(4,5)6)61-85(100)67-38-20-13-21-39-67/h10-53,56-63,97H,54-55H2,1-9H3/i22D,23D,24D,25D,27D,28D,30D,31D,40D,41D,43D,44D,45D,46D,48D,49D,50D,51D,52D,53D,62D,63D. The van der Waals surface area contributed by atoms with Gasteiger partial charge in [-0.15, -0.1) is 0 Å². The van der Waals surface area contributed by atoms with E-state index in [0.717, 1.165) is 22.3 Å². The van der Waals surface area contributed by atoms with Crippen molar-refractivity contribution in [3.8, 4) is 89.3 Å². The van der Waals surface area contributed by atoms with Gasteiger partial charge in [-0.2, -0.15) is 0 Å². The normalized spacial score (nSPS) is 16.4. The number of para-hydroxylation sites is 2. The number of nitrogens with zero attached hydrogens (tertiary/aromatic N) is 4. The highest BCUT2D eigenvalue weighted by Gasteiger charge is 2.45. The number of benzene rings is 14. The lowest BCUT2D eigenvalue weighted by molar-refractivity contribution is 0.590. The Morgan fingerprint density at radius 1 is 0.327 bits per heavy atom. The van der Waals surface area contributed by atoms with Crippen LogP contribution in [0.3, 0.4) is 0 Å². The average molecular weight is 1400 g/mol. The van der Waals surface area contributed by atoms with Gasteiger partial charge in [-0.1, -0.05) is 305 Å². The molecule has 4 heteroatoms. The SMILES string of the molecule is [2H]c1c([2H])c([2H])c2c(c1[2H])Cc1c-2c2c([2H])c([2H])c([2H])c([2H])c2n1-c1c([2H])c([2H])c2c(c1[2H])N(c1c(-c3ccccc3)cc(C(C)(C)C)cc1-c1ccccc1)c1cc(-c3ccccc3C(C)(C)C)cc3c1C2c1c([2H])c([2H])c(-n2c4c(c5c([2H])c([2H])c([2H])c([2H])c52)-c2c([2H])c([2H])c([2H])c([2H])c2C4)c([2H])c1N3c1c(-c2ccccc2)cc(C(C)(C)C)cc1-c1ccccc1. The van der Waals surface area contributed by atoms with Gasteiger partial charge >= 0.3 is 0 Å². The van der Waals surface area contributed by atoms with E-state index < -0.39 is 155 Å². The minimum absolute atomic E-state index is 0.0248. The maximum absolute atomic E-state index is 12.0. The maximum atomic E-state index is 12.0. The Balaban J connectivity index is 1.06. The maximum Gasteiger partial charge on any atom is 0.0667 e. The molecule has 4 nitrogen and oxygen atoms in total. The largest absolute Gasteiger partial charge is 0.313 e. The third kappa shape index (κ3) is 10.2. The summed E-state index contributed by atoms with van der Waals surface area (Å²) in [5, 5.41) is -0.310. The Morgan fingerprint density at radius 2 is 0.692 bits per heavy atom. The van der Waals surface area contributed by atoms with E-state index in [1.165, 1.54) is 9.13 Å². The van der Waals surface area contributed by atoms with Crippen LogP contribution in [0.15, 0.2) is 315 Å². The van der Waals surface area contributed by atoms with Crippen molar-refractivity contribution in [3.05, 3.63) is 371 Å². The molecule has 107 heavy (non-hydrogen) atoms. The second kappa shape index (κ2) is 24.2. The van der Waals surface area contributed by atoms with Crippen LogP contribution in [0.25, 0.3) is 111 Å². The molecule has 4 heterocycles. The van der Waals surface area contributed by atoms with Gasteiger partial charge in [0.1, 0.15) is 0 Å². The molecule has 516 valence electrons. The van der Waals surface area contributed by atoms with Crippen molar-refractivity contribution in [2.45, 2.75) is 97.3 Å². The van der Waals surface area contributed by atoms with Crippen LogP contribution in [-0.2, 0) is 29.1 Å². The molecule has 0 fully saturated rings. The molecule has 4 aliphatic rings. The van der Waals surface area contributed by atoms with Gasteiger partial charge in [0.25, 0.3) is 0 Å². The molecule has 20 rings (SSSR count). The van der Waals surface area contributed by atoms with Gasteiger partial charge in [-0.25, -0.2) is 0 Å². The summed E-state index contributed by atoms with van der Waals surface area (Å²) < 4.78 is 225. The van der Waals surface area contributed by atoms with E-state index >= 15 is 0 Å². The van der Waals surface area contributed by atoms with Gasteiger partial charge in [0.2, 0.25) is 0 Å². The predicted molar refractivity (Wildman–Crippen MR) is 450 cm³/mol. The third-order valence-electron chi connectivity index (χ3n) is 21.9. The highest BCUT2D eigenvalue weighted by Crippen LogP contribution is 2.66. The minimum Gasteiger partial charge on any atom is -0.313 e. The third-order valence-corrected chi connectivity index (χ3v) is 21.9. The monoisotopic (exact) mass is 1400 g/mol. The Morgan fingerprint density at radius 3 is 1.08 bits per heavy atom. The molecule has 0 unspecified atom stereocenters. The Kier molecular flexibility index (Phi) is 10.2. The number of hydrogen-bond acceptors (Lipinski definition) is 2. The van der Waals surface area contributed by atoms with E-state index in [2.05, 4.69) is 92.6 Å². The van der Waals surface area contributed by atoms with E-state index in [1.54, 1.807) is 0 Å². The first-order valence-electron chi connectivity index (χ1n) is 47.4. The van der Waals surface area contributed by atoms with Crippen LogP contribution in [0.2, 0.25) is 0 Å². The quantitative estimate of drug-likeness (QED) is 0.143. The van der Waals surface area contributed by atoms with E-state index in [-0.39, 0.29) is 113 Å². The lowest BCUT2D eigenvalue weighted by Crippen LogP contribution is -2.31. The van der Waals surface area contributed by atoms with Crippen LogP contribution in [0.4, 0.5) is 34.1 Å². The molecule has 0 radical (unpaired) electrons. The summed E-state index contributed by atoms with van der Waals surface area (Å²) >= 11 is 0. The minimum atomic E-state index is -1.61. The van der Waals surface area contributed by atoms with Gasteiger partial charge in [0, 0.05) is 91.2 Å². The highest BCUT2D eigenvalue weighted by atomic mass is 15.2. The molecule has 2 aliphatic carbocycles. The zero-order chi connectivity index (χ0) is 91.5. The smallest absolute Gasteiger partial charge is 0.0667 e. The lowest BCUT2D eigenvalue weighted by Gasteiger charge is -2.47. The molecule has 0 N–H and O–H groups in total. The van der Waals surface area contributed by atoms with Gasteiger partial charge < -0.3 is 18.9 Å². The lowest BCUT2D eigenvalue weighted by atomic mass is 9.73. The van der Waals surface area contributed by atoms with E-state index in [0.29, 0.717) is 78.4 Å². The highest BCUT2D eigenvalue weighted by molar-refractivity contribution is 6.10. The molecule has 0 saturated carbocycles. The zero-order valence-corrected chi connectivity index (χ0v) is 60.6. The van der Waals surface area contributed by atoms with Crippen molar-refractivity contribution in [1.29, 1.82) is 0 Å². The van der Waals surface area contributed by atoms with E-state index in [9.17, 15) is 24.7 Å². The molecule has 14 aromatic carbocycles. The van der Waals surface area contributed by atoms with Crippen molar-refractivity contribution in [2.75, 3.05) is 9.80 Å². The second-order valence-corrected chi connectivity index (χ2v) is 31.4. The number of fused-ring (bicyclic) bond motifs is 14. The molecule has 0 atom stereocenters. The topological polar surface area (TPSA) is 16.3 Å². The fourth-order valence-corrected chi connectivity index (χ4v) is 16.9. The zero-order valence-electron chi connectivity index (χ0n) is 82.6. The summed E-state index contributed by atoms with van der Waals surface area (Å²) in [6, 6.07) is 47.1. The van der Waals surface area contributed by atoms with Crippen molar-refractivity contribution in [3.63, 3.8) is 0 Å². The molecular formula is C103H84N4. The van der Waals surface area contributed by atoms with Crippen molar-refractivity contribution >= 4 is 55.9 Å². The summed E-state index contributed by atoms with van der Waals surface area (Å²) in [4.78, 5) is 3.95. The van der Waals surface area contributed by atoms with Crippen LogP contribution in [-0.4, -0.2) is 9.13 Å². The fourth-order valence-electron chi connectivity index (χ4n) is 16.9. The van der Waals surface area contributed by atoms with Crippen LogP contribution >= 0.6 is 0 Å². The number of hydrogen-bond donors (Lipinski definition) is 0. The van der Waals surface area contributed by atoms with Crippen LogP contribution < -0.4 is 9.80 Å². The Bertz CT molecular complexity index is 7150. The summed E-state index contributed by atoms with van der Waals surface area (Å²) in [5.41, 5.74) is 8.27. The van der Waals surface area contributed by atoms with Gasteiger partial charge in [0.05, 0.1) is 75.3 Å². The molecule has 2 aromatic heterocycles. The summed E-state index contributed by atoms with van der Waals surface area (Å²) in [6.45, 7) is 19.1. The van der Waals surface area contributed by atoms with Crippen LogP contribution in [0.5, 0.6) is 0 Å². The van der Waals surface area contributed by atoms with Crippen LogP contribution in [0, 0.1) is 0 Å². The number of rotatable bonds is 9. The fraction of sp³-hybridized carbons (Fsp3) is 0.146. The number of anilines is 6. The van der Waals surface area contributed by atoms with Crippen molar-refractivity contribution < 1.29 is 30.2 Å². The van der Waals surface area contributed by atoms with E-state index in [1.807, 2.05) is 161 Å². The van der Waals surface area contributed by atoms with E-state index in [4.69, 9.17) is 5.48 Å². The first-order valence-corrected chi connectivity index (χ1v) is 36.4. The summed E-state index contributed by atoms with van der Waals surface area (Å²) in [7, 11) is 0. The average Bonchev–Trinajstić information content (AvgIpc) is 0.903. The first-order chi connectivity index (χ1) is 61.2. The predicted octanol–water partition coefficient (Wildman–Crippen LogP) is 27.7. The molecule has 16 aromatic rings. The second-order valence-electron chi connectivity index (χ2n) is 31.4. The molecule has 0 spiro atoms. The molecule has 0 amide bonds. The summed E-state index contributed by atoms with van der Waals surface area (Å²) in [6.07, 6.45) is -0.681. The number of aromatic nitrogens is 2. The van der Waals surface area contributed by atoms with Gasteiger partial charge in [-0.3, -0.25) is 0 Å². The van der Waals surface area contributed by atoms with Gasteiger partial charge in [0.15, 0.2) is 0 Å². The molecule has 2 aliphatic heterocycles. The Labute approximate surface area is 659 Å². The summed E-state index contributed by atoms with van der Waals surface area (Å²) in [5.74, 6) is -1.61. The van der Waals surface area contributed by atoms with Gasteiger partial charge in [-0.05, 0) is 172 Å². The Hall–Kier alpha value is -12.2. The molecule has 0 bridgehead atoms. The first kappa shape index (κ1) is 45.2.